The molecule has 11 heavy (non-hydrogen) atoms. The standard InChI is InChI=1S/C5H5F5S/c6-3-1-4(7,2-11-3)5(8,9)10/h3H,1-2H2. The molecule has 0 N–H and O–H groups in total. The van der Waals surface area contributed by atoms with Crippen LogP contribution in [-0.2, 0) is 0 Å². The molecule has 1 rings (SSSR count). The molecule has 6 heteroatoms. The molecular weight excluding hydrogens is 187 g/mol. The van der Waals surface area contributed by atoms with Gasteiger partial charge in [-0.3, -0.25) is 0 Å². The second-order valence-electron chi connectivity index (χ2n) is 2.39. The molecule has 2 unspecified atom stereocenters. The molecule has 0 aromatic carbocycles. The van der Waals surface area contributed by atoms with Crippen molar-refractivity contribution in [1.29, 1.82) is 0 Å². The molecule has 0 amide bonds. The van der Waals surface area contributed by atoms with Crippen LogP contribution in [0.15, 0.2) is 0 Å². The Morgan fingerprint density at radius 1 is 1.36 bits per heavy atom. The normalized spacial score (nSPS) is 39.5. The largest absolute Gasteiger partial charge is 0.423 e. The Kier molecular flexibility index (Phi) is 2.07. The number of rotatable bonds is 0. The van der Waals surface area contributed by atoms with Crippen molar-refractivity contribution in [3.8, 4) is 0 Å². The van der Waals surface area contributed by atoms with E-state index in [-0.39, 0.29) is 0 Å². The average molecular weight is 192 g/mol. The third kappa shape index (κ3) is 1.60. The van der Waals surface area contributed by atoms with E-state index in [0.29, 0.717) is 11.8 Å². The van der Waals surface area contributed by atoms with Gasteiger partial charge in [0.25, 0.3) is 0 Å². The van der Waals surface area contributed by atoms with Crippen molar-refractivity contribution in [2.75, 3.05) is 5.75 Å². The summed E-state index contributed by atoms with van der Waals surface area (Å²) in [4.78, 5) is 0. The first kappa shape index (κ1) is 9.09. The number of hydrogen-bond acceptors (Lipinski definition) is 1. The van der Waals surface area contributed by atoms with E-state index in [9.17, 15) is 22.0 Å². The zero-order valence-corrected chi connectivity index (χ0v) is 6.11. The second kappa shape index (κ2) is 2.50. The van der Waals surface area contributed by atoms with E-state index in [1.165, 1.54) is 0 Å². The monoisotopic (exact) mass is 192 g/mol. The smallest absolute Gasteiger partial charge is 0.235 e. The molecule has 66 valence electrons. The minimum absolute atomic E-state index is 0.369. The molecule has 0 bridgehead atoms. The van der Waals surface area contributed by atoms with E-state index in [0.717, 1.165) is 0 Å². The van der Waals surface area contributed by atoms with Gasteiger partial charge < -0.3 is 0 Å². The van der Waals surface area contributed by atoms with Crippen molar-refractivity contribution in [1.82, 2.24) is 0 Å². The van der Waals surface area contributed by atoms with Crippen LogP contribution in [0.5, 0.6) is 0 Å². The van der Waals surface area contributed by atoms with Gasteiger partial charge in [0.2, 0.25) is 5.67 Å². The molecule has 1 aliphatic rings. The summed E-state index contributed by atoms with van der Waals surface area (Å²) in [6.07, 6.45) is -6.00. The molecule has 2 atom stereocenters. The summed E-state index contributed by atoms with van der Waals surface area (Å²) in [6, 6.07) is 0. The van der Waals surface area contributed by atoms with Crippen LogP contribution in [0, 0.1) is 0 Å². The first-order chi connectivity index (χ1) is 4.85. The fraction of sp³-hybridized carbons (Fsp3) is 1.00. The molecule has 1 heterocycles. The van der Waals surface area contributed by atoms with E-state index in [4.69, 9.17) is 0 Å². The molecule has 0 aromatic heterocycles. The van der Waals surface area contributed by atoms with Gasteiger partial charge in [0, 0.05) is 12.2 Å². The molecule has 0 nitrogen and oxygen atoms in total. The van der Waals surface area contributed by atoms with Crippen LogP contribution >= 0.6 is 11.8 Å². The summed E-state index contributed by atoms with van der Waals surface area (Å²) >= 11 is 0.369. The van der Waals surface area contributed by atoms with Crippen molar-refractivity contribution < 1.29 is 22.0 Å². The van der Waals surface area contributed by atoms with Gasteiger partial charge in [-0.05, 0) is 0 Å². The van der Waals surface area contributed by atoms with E-state index in [1.54, 1.807) is 0 Å². The predicted molar refractivity (Wildman–Crippen MR) is 31.9 cm³/mol. The Morgan fingerprint density at radius 2 is 1.91 bits per heavy atom. The van der Waals surface area contributed by atoms with Crippen molar-refractivity contribution in [2.24, 2.45) is 0 Å². The van der Waals surface area contributed by atoms with Gasteiger partial charge in [-0.1, -0.05) is 0 Å². The number of hydrogen-bond donors (Lipinski definition) is 0. The van der Waals surface area contributed by atoms with Crippen LogP contribution in [0.3, 0.4) is 0 Å². The molecule has 0 aliphatic carbocycles. The topological polar surface area (TPSA) is 0 Å². The lowest BCUT2D eigenvalue weighted by Crippen LogP contribution is -2.40. The summed E-state index contributed by atoms with van der Waals surface area (Å²) in [5.74, 6) is -0.822. The van der Waals surface area contributed by atoms with Crippen LogP contribution in [0.1, 0.15) is 6.42 Å². The van der Waals surface area contributed by atoms with Crippen LogP contribution in [-0.4, -0.2) is 23.1 Å². The average Bonchev–Trinajstić information content (AvgIpc) is 2.10. The Hall–Kier alpha value is -0.0000000000000000555. The molecule has 1 saturated heterocycles. The third-order valence-electron chi connectivity index (χ3n) is 1.49. The fourth-order valence-electron chi connectivity index (χ4n) is 0.792. The Bertz CT molecular complexity index is 155. The highest BCUT2D eigenvalue weighted by Gasteiger charge is 2.60. The molecule has 0 saturated carbocycles. The Balaban J connectivity index is 2.69. The molecule has 1 fully saturated rings. The lowest BCUT2D eigenvalue weighted by Gasteiger charge is -2.20. The number of thioether (sulfide) groups is 1. The molecule has 0 radical (unpaired) electrons. The van der Waals surface area contributed by atoms with E-state index < -0.39 is 29.5 Å². The van der Waals surface area contributed by atoms with Crippen LogP contribution < -0.4 is 0 Å². The third-order valence-corrected chi connectivity index (χ3v) is 2.64. The minimum Gasteiger partial charge on any atom is -0.235 e. The summed E-state index contributed by atoms with van der Waals surface area (Å²) in [7, 11) is 0. The lowest BCUT2D eigenvalue weighted by molar-refractivity contribution is -0.222. The SMILES string of the molecule is FC1CC(F)(C(F)(F)F)CS1. The maximum Gasteiger partial charge on any atom is 0.423 e. The Labute approximate surface area is 64.1 Å². The van der Waals surface area contributed by atoms with Crippen LogP contribution in [0.25, 0.3) is 0 Å². The maximum absolute atomic E-state index is 12.7. The van der Waals surface area contributed by atoms with Gasteiger partial charge in [0.1, 0.15) is 5.50 Å². The van der Waals surface area contributed by atoms with E-state index in [2.05, 4.69) is 0 Å². The minimum atomic E-state index is -4.93. The molecular formula is C5H5F5S. The number of halogens is 5. The maximum atomic E-state index is 12.7. The summed E-state index contributed by atoms with van der Waals surface area (Å²) in [5, 5.41) is 0. The summed E-state index contributed by atoms with van der Waals surface area (Å²) < 4.78 is 60.1. The summed E-state index contributed by atoms with van der Waals surface area (Å²) in [6.45, 7) is 0. The van der Waals surface area contributed by atoms with Gasteiger partial charge in [-0.25, -0.2) is 8.78 Å². The van der Waals surface area contributed by atoms with Crippen LogP contribution in [0.2, 0.25) is 0 Å². The van der Waals surface area contributed by atoms with Crippen molar-refractivity contribution in [3.05, 3.63) is 0 Å². The highest BCUT2D eigenvalue weighted by molar-refractivity contribution is 8.00. The van der Waals surface area contributed by atoms with E-state index >= 15 is 0 Å². The molecule has 0 spiro atoms. The lowest BCUT2D eigenvalue weighted by atomic mass is 10.1. The zero-order valence-electron chi connectivity index (χ0n) is 5.29. The van der Waals surface area contributed by atoms with Gasteiger partial charge >= 0.3 is 6.18 Å². The Morgan fingerprint density at radius 3 is 2.09 bits per heavy atom. The summed E-state index contributed by atoms with van der Waals surface area (Å²) in [5.41, 5.74) is -5.03. The van der Waals surface area contributed by atoms with Crippen LogP contribution in [0.4, 0.5) is 22.0 Å². The van der Waals surface area contributed by atoms with Crippen molar-refractivity contribution in [3.63, 3.8) is 0 Å². The zero-order chi connectivity index (χ0) is 8.70. The van der Waals surface area contributed by atoms with Gasteiger partial charge in [-0.15, -0.1) is 11.8 Å². The highest BCUT2D eigenvalue weighted by Crippen LogP contribution is 2.47. The van der Waals surface area contributed by atoms with Gasteiger partial charge in [-0.2, -0.15) is 13.2 Å². The van der Waals surface area contributed by atoms with Crippen molar-refractivity contribution >= 4 is 11.8 Å². The highest BCUT2D eigenvalue weighted by atomic mass is 32.2. The first-order valence-corrected chi connectivity index (χ1v) is 3.91. The molecule has 0 aromatic rings. The van der Waals surface area contributed by atoms with Crippen molar-refractivity contribution in [2.45, 2.75) is 23.8 Å². The first-order valence-electron chi connectivity index (χ1n) is 2.86. The number of alkyl halides is 5. The van der Waals surface area contributed by atoms with Gasteiger partial charge in [0.15, 0.2) is 0 Å². The van der Waals surface area contributed by atoms with Gasteiger partial charge in [0.05, 0.1) is 0 Å². The fourth-order valence-corrected chi connectivity index (χ4v) is 1.90. The van der Waals surface area contributed by atoms with E-state index in [1.807, 2.05) is 0 Å². The predicted octanol–water partition coefficient (Wildman–Crippen LogP) is 2.69. The molecule has 1 aliphatic heterocycles. The second-order valence-corrected chi connectivity index (χ2v) is 3.52. The quantitative estimate of drug-likeness (QED) is 0.532.